The van der Waals surface area contributed by atoms with E-state index in [4.69, 9.17) is 14.2 Å². The summed E-state index contributed by atoms with van der Waals surface area (Å²) in [6, 6.07) is 14.8. The zero-order valence-electron chi connectivity index (χ0n) is 18.1. The van der Waals surface area contributed by atoms with Gasteiger partial charge in [0.1, 0.15) is 5.75 Å². The molecular weight excluding hydrogens is 430 g/mol. The molecule has 166 valence electrons. The first-order valence-electron chi connectivity index (χ1n) is 9.69. The summed E-state index contributed by atoms with van der Waals surface area (Å²) in [4.78, 5) is 4.49. The van der Waals surface area contributed by atoms with Crippen molar-refractivity contribution in [1.82, 2.24) is 9.38 Å². The minimum Gasteiger partial charge on any atom is -0.496 e. The van der Waals surface area contributed by atoms with Gasteiger partial charge >= 0.3 is 0 Å². The van der Waals surface area contributed by atoms with Crippen molar-refractivity contribution in [2.24, 2.45) is 0 Å². The molecule has 8 nitrogen and oxygen atoms in total. The Labute approximate surface area is 186 Å². The van der Waals surface area contributed by atoms with Gasteiger partial charge in [-0.15, -0.1) is 0 Å². The number of rotatable bonds is 7. The summed E-state index contributed by atoms with van der Waals surface area (Å²) in [6.45, 7) is 0. The molecule has 4 aromatic rings. The molecule has 0 aliphatic heterocycles. The molecule has 0 atom stereocenters. The molecule has 9 heteroatoms. The third-order valence-electron chi connectivity index (χ3n) is 5.00. The SMILES string of the molecule is COc1ccc(-c2cnc3c(NS(C)(=O)=O)cc(-c4ccccc4OC)cn23)cc1OC. The van der Waals surface area contributed by atoms with Crippen LogP contribution in [0.1, 0.15) is 0 Å². The molecule has 0 unspecified atom stereocenters. The number of benzene rings is 2. The van der Waals surface area contributed by atoms with Crippen molar-refractivity contribution in [3.63, 3.8) is 0 Å². The predicted octanol–water partition coefficient (Wildman–Crippen LogP) is 4.07. The van der Waals surface area contributed by atoms with Gasteiger partial charge in [0.25, 0.3) is 0 Å². The number of anilines is 1. The topological polar surface area (TPSA) is 91.2 Å². The molecule has 0 aliphatic carbocycles. The fourth-order valence-corrected chi connectivity index (χ4v) is 4.15. The summed E-state index contributed by atoms with van der Waals surface area (Å²) in [5.41, 5.74) is 4.01. The Hall–Kier alpha value is -3.72. The summed E-state index contributed by atoms with van der Waals surface area (Å²) in [6.07, 6.45) is 4.70. The Balaban J connectivity index is 1.98. The predicted molar refractivity (Wildman–Crippen MR) is 124 cm³/mol. The van der Waals surface area contributed by atoms with Crippen molar-refractivity contribution in [2.75, 3.05) is 32.3 Å². The monoisotopic (exact) mass is 453 g/mol. The van der Waals surface area contributed by atoms with Crippen LogP contribution in [0, 0.1) is 0 Å². The van der Waals surface area contributed by atoms with Gasteiger partial charge in [-0.25, -0.2) is 13.4 Å². The van der Waals surface area contributed by atoms with E-state index in [1.165, 1.54) is 0 Å². The van der Waals surface area contributed by atoms with Crippen LogP contribution in [-0.2, 0) is 10.0 Å². The second kappa shape index (κ2) is 8.43. The Kier molecular flexibility index (Phi) is 5.67. The lowest BCUT2D eigenvalue weighted by atomic mass is 10.1. The third kappa shape index (κ3) is 4.06. The third-order valence-corrected chi connectivity index (χ3v) is 5.59. The second-order valence-electron chi connectivity index (χ2n) is 7.12. The smallest absolute Gasteiger partial charge is 0.229 e. The van der Waals surface area contributed by atoms with Crippen LogP contribution >= 0.6 is 0 Å². The lowest BCUT2D eigenvalue weighted by Gasteiger charge is -2.14. The summed E-state index contributed by atoms with van der Waals surface area (Å²) >= 11 is 0. The number of ether oxygens (including phenoxy) is 3. The molecule has 0 saturated carbocycles. The average molecular weight is 454 g/mol. The number of sulfonamides is 1. The highest BCUT2D eigenvalue weighted by Gasteiger charge is 2.17. The van der Waals surface area contributed by atoms with E-state index < -0.39 is 10.0 Å². The Morgan fingerprint density at radius 1 is 0.875 bits per heavy atom. The lowest BCUT2D eigenvalue weighted by molar-refractivity contribution is 0.355. The summed E-state index contributed by atoms with van der Waals surface area (Å²) < 4.78 is 44.8. The quantitative estimate of drug-likeness (QED) is 0.454. The summed E-state index contributed by atoms with van der Waals surface area (Å²) in [7, 11) is 1.22. The first kappa shape index (κ1) is 21.5. The Morgan fingerprint density at radius 3 is 2.28 bits per heavy atom. The van der Waals surface area contributed by atoms with E-state index >= 15 is 0 Å². The second-order valence-corrected chi connectivity index (χ2v) is 8.87. The average Bonchev–Trinajstić information content (AvgIpc) is 3.22. The first-order valence-corrected chi connectivity index (χ1v) is 11.6. The Bertz CT molecular complexity index is 1400. The van der Waals surface area contributed by atoms with Crippen LogP contribution in [0.4, 0.5) is 5.69 Å². The number of pyridine rings is 1. The number of imidazole rings is 1. The maximum absolute atomic E-state index is 12.0. The van der Waals surface area contributed by atoms with Crippen molar-refractivity contribution >= 4 is 21.4 Å². The van der Waals surface area contributed by atoms with Crippen molar-refractivity contribution in [3.8, 4) is 39.6 Å². The van der Waals surface area contributed by atoms with Gasteiger partial charge in [0.15, 0.2) is 17.1 Å². The van der Waals surface area contributed by atoms with Gasteiger partial charge in [0, 0.05) is 22.9 Å². The van der Waals surface area contributed by atoms with E-state index in [0.29, 0.717) is 28.6 Å². The number of hydrogen-bond acceptors (Lipinski definition) is 6. The van der Waals surface area contributed by atoms with Gasteiger partial charge in [-0.05, 0) is 30.3 Å². The minimum atomic E-state index is -3.53. The number of para-hydroxylation sites is 1. The van der Waals surface area contributed by atoms with Crippen LogP contribution in [0.3, 0.4) is 0 Å². The molecule has 32 heavy (non-hydrogen) atoms. The van der Waals surface area contributed by atoms with Crippen molar-refractivity contribution in [2.45, 2.75) is 0 Å². The molecule has 0 amide bonds. The molecule has 0 fully saturated rings. The largest absolute Gasteiger partial charge is 0.496 e. The molecule has 2 aromatic heterocycles. The van der Waals surface area contributed by atoms with E-state index in [2.05, 4.69) is 9.71 Å². The van der Waals surface area contributed by atoms with Gasteiger partial charge in [0.2, 0.25) is 10.0 Å². The van der Waals surface area contributed by atoms with Gasteiger partial charge in [-0.2, -0.15) is 0 Å². The number of nitrogens with one attached hydrogen (secondary N) is 1. The molecule has 0 saturated heterocycles. The van der Waals surface area contributed by atoms with Gasteiger partial charge < -0.3 is 14.2 Å². The summed E-state index contributed by atoms with van der Waals surface area (Å²) in [5, 5.41) is 0. The molecule has 2 aromatic carbocycles. The molecule has 0 spiro atoms. The van der Waals surface area contributed by atoms with Crippen LogP contribution in [0.5, 0.6) is 17.2 Å². The van der Waals surface area contributed by atoms with E-state index in [1.807, 2.05) is 53.1 Å². The number of aromatic nitrogens is 2. The van der Waals surface area contributed by atoms with Crippen LogP contribution in [0.15, 0.2) is 60.9 Å². The normalized spacial score (nSPS) is 11.4. The number of methoxy groups -OCH3 is 3. The fraction of sp³-hybridized carbons (Fsp3) is 0.174. The first-order chi connectivity index (χ1) is 15.3. The van der Waals surface area contributed by atoms with Crippen molar-refractivity contribution in [3.05, 3.63) is 60.9 Å². The Morgan fingerprint density at radius 2 is 1.59 bits per heavy atom. The lowest BCUT2D eigenvalue weighted by Crippen LogP contribution is -2.11. The molecule has 0 bridgehead atoms. The molecule has 0 aliphatic rings. The number of fused-ring (bicyclic) bond motifs is 1. The molecule has 0 radical (unpaired) electrons. The zero-order chi connectivity index (χ0) is 22.9. The number of nitrogens with zero attached hydrogens (tertiary/aromatic N) is 2. The maximum Gasteiger partial charge on any atom is 0.229 e. The molecule has 2 heterocycles. The van der Waals surface area contributed by atoms with Crippen molar-refractivity contribution in [1.29, 1.82) is 0 Å². The maximum atomic E-state index is 12.0. The van der Waals surface area contributed by atoms with E-state index in [1.54, 1.807) is 33.6 Å². The number of hydrogen-bond donors (Lipinski definition) is 1. The van der Waals surface area contributed by atoms with Gasteiger partial charge in [0.05, 0.1) is 45.2 Å². The van der Waals surface area contributed by atoms with Gasteiger partial charge in [-0.1, -0.05) is 18.2 Å². The van der Waals surface area contributed by atoms with Crippen molar-refractivity contribution < 1.29 is 22.6 Å². The minimum absolute atomic E-state index is 0.364. The molecular formula is C23H23N3O5S. The van der Waals surface area contributed by atoms with E-state index in [-0.39, 0.29) is 0 Å². The van der Waals surface area contributed by atoms with E-state index in [9.17, 15) is 8.42 Å². The zero-order valence-corrected chi connectivity index (χ0v) is 18.9. The molecule has 4 rings (SSSR count). The highest BCUT2D eigenvalue weighted by Crippen LogP contribution is 2.36. The highest BCUT2D eigenvalue weighted by molar-refractivity contribution is 7.92. The standard InChI is InChI=1S/C23H23N3O5S/c1-29-20-8-6-5-7-17(20)16-11-18(25-32(4,27)28)23-24-13-19(26(23)14-16)15-9-10-21(30-2)22(12-15)31-3/h5-14,25H,1-4H3. The van der Waals surface area contributed by atoms with E-state index in [0.717, 1.165) is 28.6 Å². The highest BCUT2D eigenvalue weighted by atomic mass is 32.2. The van der Waals surface area contributed by atoms with Crippen LogP contribution in [-0.4, -0.2) is 45.4 Å². The fourth-order valence-electron chi connectivity index (χ4n) is 3.60. The summed E-state index contributed by atoms with van der Waals surface area (Å²) in [5.74, 6) is 1.86. The van der Waals surface area contributed by atoms with Crippen LogP contribution < -0.4 is 18.9 Å². The van der Waals surface area contributed by atoms with Crippen LogP contribution in [0.25, 0.3) is 28.0 Å². The van der Waals surface area contributed by atoms with Gasteiger partial charge in [-0.3, -0.25) is 9.12 Å². The molecule has 1 N–H and O–H groups in total. The van der Waals surface area contributed by atoms with Crippen LogP contribution in [0.2, 0.25) is 0 Å².